The highest BCUT2D eigenvalue weighted by molar-refractivity contribution is 5.92. The second-order valence-electron chi connectivity index (χ2n) is 8.22. The lowest BCUT2D eigenvalue weighted by Crippen LogP contribution is -2.39. The first-order valence-electron chi connectivity index (χ1n) is 11.1. The number of hydrogen-bond acceptors (Lipinski definition) is 6. The molecule has 1 aromatic carbocycles. The Hall–Kier alpha value is -3.75. The van der Waals surface area contributed by atoms with Crippen molar-refractivity contribution >= 4 is 5.91 Å². The van der Waals surface area contributed by atoms with Crippen molar-refractivity contribution in [1.82, 2.24) is 24.8 Å². The fraction of sp³-hybridized carbons (Fsp3) is 0.333. The molecule has 1 amide bonds. The average molecular weight is 449 g/mol. The molecule has 1 saturated heterocycles. The molecule has 1 fully saturated rings. The van der Waals surface area contributed by atoms with Crippen molar-refractivity contribution in [3.63, 3.8) is 0 Å². The monoisotopic (exact) mass is 449 g/mol. The van der Waals surface area contributed by atoms with Crippen molar-refractivity contribution < 1.29 is 18.1 Å². The summed E-state index contributed by atoms with van der Waals surface area (Å²) in [5.41, 5.74) is 2.35. The number of amides is 1. The van der Waals surface area contributed by atoms with Crippen LogP contribution in [-0.4, -0.2) is 43.8 Å². The van der Waals surface area contributed by atoms with Crippen LogP contribution in [0.15, 0.2) is 57.9 Å². The van der Waals surface area contributed by atoms with Crippen LogP contribution in [0.5, 0.6) is 0 Å². The van der Waals surface area contributed by atoms with E-state index in [1.807, 2.05) is 13.1 Å². The second kappa shape index (κ2) is 9.01. The molecule has 9 heteroatoms. The van der Waals surface area contributed by atoms with Crippen LogP contribution in [0.25, 0.3) is 11.3 Å². The van der Waals surface area contributed by atoms with E-state index in [0.717, 1.165) is 30.5 Å². The molecule has 33 heavy (non-hydrogen) atoms. The maximum atomic E-state index is 13.1. The third-order valence-corrected chi connectivity index (χ3v) is 5.89. The number of hydrogen-bond donors (Lipinski definition) is 0. The fourth-order valence-electron chi connectivity index (χ4n) is 4.10. The van der Waals surface area contributed by atoms with Gasteiger partial charge in [0.25, 0.3) is 5.91 Å². The Balaban J connectivity index is 1.25. The van der Waals surface area contributed by atoms with Gasteiger partial charge in [-0.2, -0.15) is 5.10 Å². The number of aryl methyl sites for hydroxylation is 1. The Labute approximate surface area is 190 Å². The van der Waals surface area contributed by atoms with Gasteiger partial charge in [-0.15, -0.1) is 0 Å². The van der Waals surface area contributed by atoms with E-state index < -0.39 is 0 Å². The van der Waals surface area contributed by atoms with Crippen LogP contribution < -0.4 is 0 Å². The zero-order valence-electron chi connectivity index (χ0n) is 18.3. The first-order chi connectivity index (χ1) is 16.1. The molecule has 1 aliphatic rings. The molecule has 0 spiro atoms. The number of rotatable bonds is 6. The predicted molar refractivity (Wildman–Crippen MR) is 117 cm³/mol. The number of halogens is 1. The molecule has 0 bridgehead atoms. The lowest BCUT2D eigenvalue weighted by molar-refractivity contribution is 0.0656. The number of likely N-dealkylation sites (tertiary alicyclic amines) is 1. The lowest BCUT2D eigenvalue weighted by Gasteiger charge is -2.30. The average Bonchev–Trinajstić information content (AvgIpc) is 3.60. The van der Waals surface area contributed by atoms with Crippen LogP contribution in [0.2, 0.25) is 0 Å². The zero-order valence-corrected chi connectivity index (χ0v) is 18.3. The molecule has 0 saturated carbocycles. The van der Waals surface area contributed by atoms with Crippen LogP contribution in [0.1, 0.15) is 53.5 Å². The Morgan fingerprint density at radius 3 is 2.88 bits per heavy atom. The Bertz CT molecular complexity index is 1240. The van der Waals surface area contributed by atoms with Crippen LogP contribution in [0, 0.1) is 5.82 Å². The van der Waals surface area contributed by atoms with Crippen molar-refractivity contribution in [3.8, 4) is 11.3 Å². The van der Waals surface area contributed by atoms with E-state index in [0.29, 0.717) is 36.9 Å². The highest BCUT2D eigenvalue weighted by atomic mass is 19.1. The number of benzene rings is 1. The van der Waals surface area contributed by atoms with E-state index >= 15 is 0 Å². The molecule has 1 atom stereocenters. The standard InChI is InChI=1S/C24H24FN5O3/c1-2-30-15-18(12-27-30)21-11-22(33-28-21)24(31)29-9-3-4-17(14-29)23-26-13-20(32-23)10-16-5-7-19(25)8-6-16/h5-8,11-13,15,17H,2-4,9-10,14H2,1H3. The Morgan fingerprint density at radius 1 is 1.24 bits per heavy atom. The number of carbonyl (C=O) groups is 1. The summed E-state index contributed by atoms with van der Waals surface area (Å²) in [5, 5.41) is 8.28. The summed E-state index contributed by atoms with van der Waals surface area (Å²) in [6.45, 7) is 3.90. The van der Waals surface area contributed by atoms with Gasteiger partial charge in [0.2, 0.25) is 5.76 Å². The molecule has 4 aromatic rings. The van der Waals surface area contributed by atoms with Gasteiger partial charge in [-0.3, -0.25) is 9.48 Å². The van der Waals surface area contributed by atoms with Crippen LogP contribution in [0.3, 0.4) is 0 Å². The van der Waals surface area contributed by atoms with Crippen molar-refractivity contribution in [2.45, 2.75) is 38.6 Å². The third-order valence-electron chi connectivity index (χ3n) is 5.89. The van der Waals surface area contributed by atoms with Gasteiger partial charge < -0.3 is 13.8 Å². The quantitative estimate of drug-likeness (QED) is 0.436. The third kappa shape index (κ3) is 4.57. The molecule has 8 nitrogen and oxygen atoms in total. The highest BCUT2D eigenvalue weighted by Gasteiger charge is 2.30. The summed E-state index contributed by atoms with van der Waals surface area (Å²) >= 11 is 0. The van der Waals surface area contributed by atoms with Crippen molar-refractivity contribution in [2.24, 2.45) is 0 Å². The molecule has 5 rings (SSSR count). The summed E-state index contributed by atoms with van der Waals surface area (Å²) in [5.74, 6) is 1.09. The van der Waals surface area contributed by atoms with Crippen molar-refractivity contribution in [2.75, 3.05) is 13.1 Å². The minimum Gasteiger partial charge on any atom is -0.445 e. The van der Waals surface area contributed by atoms with E-state index in [1.165, 1.54) is 12.1 Å². The van der Waals surface area contributed by atoms with Gasteiger partial charge in [-0.25, -0.2) is 9.37 Å². The van der Waals surface area contributed by atoms with E-state index in [4.69, 9.17) is 8.94 Å². The molecule has 4 heterocycles. The maximum absolute atomic E-state index is 13.1. The normalized spacial score (nSPS) is 16.3. The summed E-state index contributed by atoms with van der Waals surface area (Å²) in [7, 11) is 0. The van der Waals surface area contributed by atoms with Crippen molar-refractivity contribution in [1.29, 1.82) is 0 Å². The van der Waals surface area contributed by atoms with Gasteiger partial charge in [0.15, 0.2) is 5.89 Å². The largest absolute Gasteiger partial charge is 0.445 e. The lowest BCUT2D eigenvalue weighted by atomic mass is 9.98. The highest BCUT2D eigenvalue weighted by Crippen LogP contribution is 2.29. The van der Waals surface area contributed by atoms with E-state index in [2.05, 4.69) is 15.2 Å². The molecular formula is C24H24FN5O3. The summed E-state index contributed by atoms with van der Waals surface area (Å²) < 4.78 is 26.2. The summed E-state index contributed by atoms with van der Waals surface area (Å²) in [4.78, 5) is 19.3. The second-order valence-corrected chi connectivity index (χ2v) is 8.22. The summed E-state index contributed by atoms with van der Waals surface area (Å²) in [6.07, 6.45) is 7.55. The summed E-state index contributed by atoms with van der Waals surface area (Å²) in [6, 6.07) is 7.99. The van der Waals surface area contributed by atoms with Gasteiger partial charge >= 0.3 is 0 Å². The molecule has 0 aliphatic carbocycles. The van der Waals surface area contributed by atoms with Crippen LogP contribution in [0.4, 0.5) is 4.39 Å². The van der Waals surface area contributed by atoms with Gasteiger partial charge in [-0.05, 0) is 37.5 Å². The predicted octanol–water partition coefficient (Wildman–Crippen LogP) is 4.30. The molecule has 1 aliphatic heterocycles. The first kappa shape index (κ1) is 21.1. The number of carbonyl (C=O) groups excluding carboxylic acids is 1. The van der Waals surface area contributed by atoms with E-state index in [1.54, 1.807) is 40.2 Å². The fourth-order valence-corrected chi connectivity index (χ4v) is 4.10. The van der Waals surface area contributed by atoms with E-state index in [9.17, 15) is 9.18 Å². The number of nitrogens with zero attached hydrogens (tertiary/aromatic N) is 5. The number of aromatic nitrogens is 4. The molecule has 0 N–H and O–H groups in total. The minimum absolute atomic E-state index is 0.00912. The number of piperidine rings is 1. The van der Waals surface area contributed by atoms with E-state index in [-0.39, 0.29) is 23.4 Å². The van der Waals surface area contributed by atoms with Gasteiger partial charge in [-0.1, -0.05) is 17.3 Å². The molecule has 170 valence electrons. The van der Waals surface area contributed by atoms with Gasteiger partial charge in [0, 0.05) is 43.9 Å². The Morgan fingerprint density at radius 2 is 2.09 bits per heavy atom. The SMILES string of the molecule is CCn1cc(-c2cc(C(=O)N3CCCC(c4ncc(Cc5ccc(F)cc5)o4)C3)on2)cn1. The molecular weight excluding hydrogens is 425 g/mol. The minimum atomic E-state index is -0.265. The van der Waals surface area contributed by atoms with Crippen molar-refractivity contribution in [3.05, 3.63) is 77.7 Å². The van der Waals surface area contributed by atoms with Gasteiger partial charge in [0.1, 0.15) is 17.3 Å². The Kier molecular flexibility index (Phi) is 5.77. The zero-order chi connectivity index (χ0) is 22.8. The van der Waals surface area contributed by atoms with Crippen LogP contribution in [-0.2, 0) is 13.0 Å². The van der Waals surface area contributed by atoms with Crippen LogP contribution >= 0.6 is 0 Å². The first-order valence-corrected chi connectivity index (χ1v) is 11.1. The maximum Gasteiger partial charge on any atom is 0.292 e. The molecule has 3 aromatic heterocycles. The molecule has 1 unspecified atom stereocenters. The smallest absolute Gasteiger partial charge is 0.292 e. The topological polar surface area (TPSA) is 90.2 Å². The molecule has 0 radical (unpaired) electrons. The van der Waals surface area contributed by atoms with Gasteiger partial charge in [0.05, 0.1) is 18.3 Å². The number of oxazole rings is 1.